The third kappa shape index (κ3) is 3.54. The molecule has 0 saturated heterocycles. The number of aliphatic imine (C=N–C) groups is 1. The van der Waals surface area contributed by atoms with E-state index in [1.165, 1.54) is 17.0 Å². The molecule has 0 spiro atoms. The molecule has 3 aromatic rings. The number of nitrogens with zero attached hydrogens (tertiary/aromatic N) is 3. The van der Waals surface area contributed by atoms with Crippen molar-refractivity contribution < 1.29 is 14.8 Å². The van der Waals surface area contributed by atoms with Gasteiger partial charge in [0.25, 0.3) is 5.69 Å². The van der Waals surface area contributed by atoms with Gasteiger partial charge in [0.1, 0.15) is 5.00 Å². The fraction of sp³-hybridized carbons (Fsp3) is 0.273. The van der Waals surface area contributed by atoms with Gasteiger partial charge < -0.3 is 9.67 Å². The van der Waals surface area contributed by atoms with Crippen LogP contribution in [0, 0.1) is 24.0 Å². The molecule has 4 rings (SSSR count). The molecule has 1 aliphatic carbocycles. The summed E-state index contributed by atoms with van der Waals surface area (Å²) in [4.78, 5) is 28.0. The molecule has 8 heteroatoms. The predicted molar refractivity (Wildman–Crippen MR) is 117 cm³/mol. The molecule has 1 aliphatic rings. The smallest absolute Gasteiger partial charge is 0.339 e. The topological polar surface area (TPSA) is 97.7 Å². The van der Waals surface area contributed by atoms with Gasteiger partial charge in [0.05, 0.1) is 16.2 Å². The number of carboxylic acids is 1. The van der Waals surface area contributed by atoms with Gasteiger partial charge in [0.2, 0.25) is 0 Å². The Balaban J connectivity index is 1.72. The highest BCUT2D eigenvalue weighted by Crippen LogP contribution is 2.38. The molecule has 30 heavy (non-hydrogen) atoms. The fourth-order valence-electron chi connectivity index (χ4n) is 3.96. The number of hydrogen-bond donors (Lipinski definition) is 1. The molecular weight excluding hydrogens is 402 g/mol. The molecule has 2 aromatic heterocycles. The number of aromatic nitrogens is 1. The molecule has 0 radical (unpaired) electrons. The minimum atomic E-state index is -0.877. The Morgan fingerprint density at radius 2 is 1.93 bits per heavy atom. The van der Waals surface area contributed by atoms with E-state index < -0.39 is 10.9 Å². The van der Waals surface area contributed by atoms with Gasteiger partial charge in [-0.3, -0.25) is 15.1 Å². The van der Waals surface area contributed by atoms with E-state index in [9.17, 15) is 20.0 Å². The first-order valence-electron chi connectivity index (χ1n) is 9.72. The number of hydrogen-bond acceptors (Lipinski definition) is 5. The fourth-order valence-corrected chi connectivity index (χ4v) is 5.46. The first-order chi connectivity index (χ1) is 14.4. The zero-order chi connectivity index (χ0) is 21.4. The van der Waals surface area contributed by atoms with Crippen LogP contribution in [-0.2, 0) is 12.8 Å². The van der Waals surface area contributed by atoms with Crippen LogP contribution < -0.4 is 0 Å². The van der Waals surface area contributed by atoms with E-state index in [4.69, 9.17) is 0 Å². The number of thiophene rings is 1. The van der Waals surface area contributed by atoms with Gasteiger partial charge in [-0.15, -0.1) is 11.3 Å². The number of rotatable bonds is 5. The molecule has 0 atom stereocenters. The number of aryl methyl sites for hydroxylation is 2. The summed E-state index contributed by atoms with van der Waals surface area (Å²) >= 11 is 1.58. The highest BCUT2D eigenvalue weighted by Gasteiger charge is 2.27. The van der Waals surface area contributed by atoms with Crippen molar-refractivity contribution in [2.45, 2.75) is 39.5 Å². The van der Waals surface area contributed by atoms with Crippen LogP contribution in [0.25, 0.3) is 5.00 Å². The number of aromatic carboxylic acids is 1. The number of nitro benzene ring substituents is 1. The molecule has 0 bridgehead atoms. The molecule has 1 N–H and O–H groups in total. The van der Waals surface area contributed by atoms with Gasteiger partial charge in [-0.1, -0.05) is 0 Å². The van der Waals surface area contributed by atoms with E-state index in [1.54, 1.807) is 29.7 Å². The van der Waals surface area contributed by atoms with Crippen molar-refractivity contribution in [1.82, 2.24) is 4.57 Å². The summed E-state index contributed by atoms with van der Waals surface area (Å²) in [6.07, 6.45) is 5.60. The third-order valence-corrected chi connectivity index (χ3v) is 6.73. The maximum atomic E-state index is 12.1. The quantitative estimate of drug-likeness (QED) is 0.338. The van der Waals surface area contributed by atoms with Crippen LogP contribution in [0.3, 0.4) is 0 Å². The first-order valence-corrected chi connectivity index (χ1v) is 10.5. The normalized spacial score (nSPS) is 13.5. The molecule has 0 amide bonds. The van der Waals surface area contributed by atoms with Crippen LogP contribution in [0.5, 0.6) is 0 Å². The summed E-state index contributed by atoms with van der Waals surface area (Å²) in [7, 11) is 0. The Bertz CT molecular complexity index is 1170. The van der Waals surface area contributed by atoms with E-state index in [2.05, 4.69) is 4.99 Å². The number of nitro groups is 1. The lowest BCUT2D eigenvalue weighted by Gasteiger charge is -2.11. The van der Waals surface area contributed by atoms with Gasteiger partial charge >= 0.3 is 5.97 Å². The summed E-state index contributed by atoms with van der Waals surface area (Å²) in [5, 5.41) is 21.4. The van der Waals surface area contributed by atoms with E-state index in [0.717, 1.165) is 53.2 Å². The van der Waals surface area contributed by atoms with Crippen LogP contribution in [0.2, 0.25) is 0 Å². The molecule has 154 valence electrons. The minimum Gasteiger partial charge on any atom is -0.478 e. The second kappa shape index (κ2) is 7.87. The van der Waals surface area contributed by atoms with Crippen molar-refractivity contribution in [3.8, 4) is 5.00 Å². The van der Waals surface area contributed by atoms with Crippen LogP contribution in [-0.4, -0.2) is 26.8 Å². The molecule has 0 saturated carbocycles. The minimum absolute atomic E-state index is 0.0231. The highest BCUT2D eigenvalue weighted by atomic mass is 32.1. The summed E-state index contributed by atoms with van der Waals surface area (Å²) in [5.74, 6) is -0.877. The highest BCUT2D eigenvalue weighted by molar-refractivity contribution is 7.15. The molecule has 0 aliphatic heterocycles. The predicted octanol–water partition coefficient (Wildman–Crippen LogP) is 5.39. The summed E-state index contributed by atoms with van der Waals surface area (Å²) in [5.41, 5.74) is 4.79. The van der Waals surface area contributed by atoms with E-state index >= 15 is 0 Å². The number of carboxylic acid groups (broad SMARTS) is 1. The molecule has 0 fully saturated rings. The van der Waals surface area contributed by atoms with Crippen molar-refractivity contribution in [2.24, 2.45) is 4.99 Å². The molecular formula is C22H21N3O4S. The Kier molecular flexibility index (Phi) is 5.26. The lowest BCUT2D eigenvalue weighted by atomic mass is 9.95. The number of non-ortho nitro benzene ring substituents is 1. The lowest BCUT2D eigenvalue weighted by molar-refractivity contribution is -0.384. The van der Waals surface area contributed by atoms with E-state index in [1.807, 2.05) is 24.5 Å². The second-order valence-electron chi connectivity index (χ2n) is 7.39. The lowest BCUT2D eigenvalue weighted by Crippen LogP contribution is -2.09. The van der Waals surface area contributed by atoms with Crippen molar-refractivity contribution in [3.05, 3.63) is 73.4 Å². The molecule has 2 heterocycles. The van der Waals surface area contributed by atoms with E-state index in [0.29, 0.717) is 11.3 Å². The zero-order valence-corrected chi connectivity index (χ0v) is 17.5. The third-order valence-electron chi connectivity index (χ3n) is 5.45. The average molecular weight is 423 g/mol. The monoisotopic (exact) mass is 423 g/mol. The zero-order valence-electron chi connectivity index (χ0n) is 16.7. The summed E-state index contributed by atoms with van der Waals surface area (Å²) < 4.78 is 2.00. The van der Waals surface area contributed by atoms with Crippen LogP contribution in [0.1, 0.15) is 50.6 Å². The van der Waals surface area contributed by atoms with Gasteiger partial charge in [-0.2, -0.15) is 0 Å². The van der Waals surface area contributed by atoms with Crippen LogP contribution in [0.15, 0.2) is 35.3 Å². The Hall–Kier alpha value is -3.26. The van der Waals surface area contributed by atoms with Crippen molar-refractivity contribution in [2.75, 3.05) is 0 Å². The van der Waals surface area contributed by atoms with Crippen LogP contribution in [0.4, 0.5) is 11.4 Å². The van der Waals surface area contributed by atoms with Crippen molar-refractivity contribution in [3.63, 3.8) is 0 Å². The van der Waals surface area contributed by atoms with E-state index in [-0.39, 0.29) is 5.69 Å². The molecule has 1 aromatic carbocycles. The van der Waals surface area contributed by atoms with Gasteiger partial charge in [-0.25, -0.2) is 4.79 Å². The van der Waals surface area contributed by atoms with Gasteiger partial charge in [0, 0.05) is 40.2 Å². The van der Waals surface area contributed by atoms with Gasteiger partial charge in [-0.05, 0) is 63.3 Å². The number of carbonyl (C=O) groups is 1. The molecule has 0 unspecified atom stereocenters. The van der Waals surface area contributed by atoms with Crippen molar-refractivity contribution in [1.29, 1.82) is 0 Å². The van der Waals surface area contributed by atoms with Gasteiger partial charge in [0.15, 0.2) is 0 Å². The maximum absolute atomic E-state index is 12.1. The van der Waals surface area contributed by atoms with Crippen LogP contribution >= 0.6 is 11.3 Å². The number of fused-ring (bicyclic) bond motifs is 1. The summed E-state index contributed by atoms with van der Waals surface area (Å²) in [6, 6.07) is 8.03. The largest absolute Gasteiger partial charge is 0.478 e. The number of benzene rings is 1. The SMILES string of the molecule is Cc1cc(C=Nc2ccc([N+](=O)[O-])cc2)c(C)n1-c1sc2c(c1C(=O)O)CCCC2. The average Bonchev–Trinajstić information content (AvgIpc) is 3.23. The second-order valence-corrected chi connectivity index (χ2v) is 8.47. The Morgan fingerprint density at radius 1 is 1.23 bits per heavy atom. The Labute approximate surface area is 177 Å². The van der Waals surface area contributed by atoms with Crippen molar-refractivity contribution >= 4 is 34.9 Å². The first kappa shape index (κ1) is 20.0. The Morgan fingerprint density at radius 3 is 2.60 bits per heavy atom. The molecule has 7 nitrogen and oxygen atoms in total. The standard InChI is InChI=1S/C22H21N3O4S/c1-13-11-15(12-23-16-7-9-17(10-8-16)25(28)29)14(2)24(13)21-20(22(26)27)18-5-3-4-6-19(18)30-21/h7-12H,3-6H2,1-2H3,(H,26,27). The summed E-state index contributed by atoms with van der Waals surface area (Å²) in [6.45, 7) is 3.91. The maximum Gasteiger partial charge on any atom is 0.339 e.